The molecule has 3 aromatic rings. The van der Waals surface area contributed by atoms with Crippen molar-refractivity contribution in [3.63, 3.8) is 0 Å². The average molecular weight is 427 g/mol. The fourth-order valence-electron chi connectivity index (χ4n) is 3.34. The van der Waals surface area contributed by atoms with Crippen LogP contribution in [-0.4, -0.2) is 41.5 Å². The molecule has 5 nitrogen and oxygen atoms in total. The molecule has 2 heterocycles. The SMILES string of the molecule is O=C(NCC(=O)N1CC=C(c2ccc(O)cc2)CC1)c1sc2ccccc2c1Cl. The molecule has 0 atom stereocenters. The Labute approximate surface area is 177 Å². The predicted octanol–water partition coefficient (Wildman–Crippen LogP) is 4.31. The minimum absolute atomic E-state index is 0.0637. The lowest BCUT2D eigenvalue weighted by Gasteiger charge is -2.26. The van der Waals surface area contributed by atoms with Gasteiger partial charge in [0.05, 0.1) is 11.6 Å². The van der Waals surface area contributed by atoms with Gasteiger partial charge in [-0.3, -0.25) is 9.59 Å². The molecule has 2 amide bonds. The minimum Gasteiger partial charge on any atom is -0.508 e. The number of hydrogen-bond acceptors (Lipinski definition) is 4. The van der Waals surface area contributed by atoms with Gasteiger partial charge in [-0.25, -0.2) is 0 Å². The van der Waals surface area contributed by atoms with Crippen LogP contribution in [0.3, 0.4) is 0 Å². The van der Waals surface area contributed by atoms with Crippen LogP contribution in [0.5, 0.6) is 5.75 Å². The Bertz CT molecular complexity index is 1100. The van der Waals surface area contributed by atoms with Crippen LogP contribution in [0.4, 0.5) is 0 Å². The molecule has 29 heavy (non-hydrogen) atoms. The zero-order chi connectivity index (χ0) is 20.4. The van der Waals surface area contributed by atoms with Crippen LogP contribution >= 0.6 is 22.9 Å². The molecule has 0 unspecified atom stereocenters. The highest BCUT2D eigenvalue weighted by Crippen LogP contribution is 2.35. The largest absolute Gasteiger partial charge is 0.508 e. The van der Waals surface area contributed by atoms with E-state index < -0.39 is 0 Å². The molecule has 0 aliphatic carbocycles. The molecular weight excluding hydrogens is 408 g/mol. The summed E-state index contributed by atoms with van der Waals surface area (Å²) in [6.45, 7) is 1.02. The number of nitrogens with one attached hydrogen (secondary N) is 1. The summed E-state index contributed by atoms with van der Waals surface area (Å²) in [4.78, 5) is 27.1. The molecule has 7 heteroatoms. The molecule has 1 aliphatic rings. The number of benzene rings is 2. The zero-order valence-corrected chi connectivity index (χ0v) is 17.1. The molecule has 0 radical (unpaired) electrons. The standard InChI is InChI=1S/C22H19ClN2O3S/c23-20-17-3-1-2-4-18(17)29-21(20)22(28)24-13-19(27)25-11-9-15(10-12-25)14-5-7-16(26)8-6-14/h1-9,26H,10-13H2,(H,24,28). The van der Waals surface area contributed by atoms with Gasteiger partial charge in [0, 0.05) is 23.2 Å². The van der Waals surface area contributed by atoms with Crippen molar-refractivity contribution in [1.82, 2.24) is 10.2 Å². The molecular formula is C22H19ClN2O3S. The van der Waals surface area contributed by atoms with Crippen LogP contribution in [0.2, 0.25) is 5.02 Å². The maximum atomic E-state index is 12.5. The van der Waals surface area contributed by atoms with Crippen molar-refractivity contribution in [1.29, 1.82) is 0 Å². The van der Waals surface area contributed by atoms with Gasteiger partial charge in [-0.15, -0.1) is 11.3 Å². The smallest absolute Gasteiger partial charge is 0.263 e. The van der Waals surface area contributed by atoms with Gasteiger partial charge in [0.15, 0.2) is 0 Å². The summed E-state index contributed by atoms with van der Waals surface area (Å²) in [5.74, 6) is -0.227. The summed E-state index contributed by atoms with van der Waals surface area (Å²) in [6.07, 6.45) is 2.74. The van der Waals surface area contributed by atoms with Crippen LogP contribution in [0.25, 0.3) is 15.7 Å². The van der Waals surface area contributed by atoms with E-state index in [1.807, 2.05) is 42.5 Å². The van der Waals surface area contributed by atoms with Crippen molar-refractivity contribution in [2.45, 2.75) is 6.42 Å². The Morgan fingerprint density at radius 1 is 1.14 bits per heavy atom. The molecule has 4 rings (SSSR count). The minimum atomic E-state index is -0.332. The number of amides is 2. The van der Waals surface area contributed by atoms with E-state index in [0.29, 0.717) is 23.0 Å². The van der Waals surface area contributed by atoms with Crippen LogP contribution < -0.4 is 5.32 Å². The van der Waals surface area contributed by atoms with Crippen LogP contribution in [-0.2, 0) is 4.79 Å². The first-order valence-corrected chi connectivity index (χ1v) is 10.4. The third-order valence-corrected chi connectivity index (χ3v) is 6.62. The number of carbonyl (C=O) groups is 2. The van der Waals surface area contributed by atoms with E-state index in [2.05, 4.69) is 5.32 Å². The first kappa shape index (κ1) is 19.5. The van der Waals surface area contributed by atoms with E-state index in [9.17, 15) is 14.7 Å². The normalized spacial score (nSPS) is 14.0. The molecule has 148 valence electrons. The fourth-order valence-corrected chi connectivity index (χ4v) is 4.77. The van der Waals surface area contributed by atoms with E-state index in [-0.39, 0.29) is 24.1 Å². The Hall–Kier alpha value is -2.83. The monoisotopic (exact) mass is 426 g/mol. The molecule has 1 aliphatic heterocycles. The van der Waals surface area contributed by atoms with Gasteiger partial charge < -0.3 is 15.3 Å². The lowest BCUT2D eigenvalue weighted by atomic mass is 9.99. The van der Waals surface area contributed by atoms with Gasteiger partial charge in [-0.2, -0.15) is 0 Å². The highest BCUT2D eigenvalue weighted by molar-refractivity contribution is 7.21. The van der Waals surface area contributed by atoms with Gasteiger partial charge in [0.2, 0.25) is 5.91 Å². The summed E-state index contributed by atoms with van der Waals surface area (Å²) in [7, 11) is 0. The molecule has 0 spiro atoms. The summed E-state index contributed by atoms with van der Waals surface area (Å²) >= 11 is 7.65. The number of thiophene rings is 1. The lowest BCUT2D eigenvalue weighted by molar-refractivity contribution is -0.129. The van der Waals surface area contributed by atoms with E-state index in [1.165, 1.54) is 11.3 Å². The molecule has 1 aromatic heterocycles. The van der Waals surface area contributed by atoms with E-state index >= 15 is 0 Å². The van der Waals surface area contributed by atoms with Crippen molar-refractivity contribution >= 4 is 50.4 Å². The molecule has 2 N–H and O–H groups in total. The number of phenols is 1. The molecule has 0 fully saturated rings. The second-order valence-corrected chi connectivity index (χ2v) is 8.22. The van der Waals surface area contributed by atoms with Gasteiger partial charge >= 0.3 is 0 Å². The average Bonchev–Trinajstić information content (AvgIpc) is 3.09. The highest BCUT2D eigenvalue weighted by Gasteiger charge is 2.21. The fraction of sp³-hybridized carbons (Fsp3) is 0.182. The molecule has 0 saturated carbocycles. The van der Waals surface area contributed by atoms with Crippen LogP contribution in [0.1, 0.15) is 21.7 Å². The molecule has 2 aromatic carbocycles. The molecule has 0 saturated heterocycles. The van der Waals surface area contributed by atoms with Gasteiger partial charge in [-0.1, -0.05) is 48.0 Å². The number of hydrogen-bond donors (Lipinski definition) is 2. The number of aromatic hydroxyl groups is 1. The van der Waals surface area contributed by atoms with Crippen molar-refractivity contribution in [2.75, 3.05) is 19.6 Å². The Kier molecular flexibility index (Phi) is 5.56. The Morgan fingerprint density at radius 3 is 2.59 bits per heavy atom. The zero-order valence-electron chi connectivity index (χ0n) is 15.5. The highest BCUT2D eigenvalue weighted by atomic mass is 35.5. The molecule has 0 bridgehead atoms. The number of carbonyl (C=O) groups excluding carboxylic acids is 2. The number of fused-ring (bicyclic) bond motifs is 1. The second-order valence-electron chi connectivity index (χ2n) is 6.79. The lowest BCUT2D eigenvalue weighted by Crippen LogP contribution is -2.41. The third-order valence-electron chi connectivity index (χ3n) is 4.94. The maximum Gasteiger partial charge on any atom is 0.263 e. The van der Waals surface area contributed by atoms with Crippen molar-refractivity contribution in [2.24, 2.45) is 0 Å². The predicted molar refractivity (Wildman–Crippen MR) is 116 cm³/mol. The van der Waals surface area contributed by atoms with Crippen molar-refractivity contribution in [3.8, 4) is 5.75 Å². The van der Waals surface area contributed by atoms with Crippen molar-refractivity contribution in [3.05, 3.63) is 70.1 Å². The first-order valence-electron chi connectivity index (χ1n) is 9.24. The van der Waals surface area contributed by atoms with Gasteiger partial charge in [0.1, 0.15) is 10.6 Å². The Morgan fingerprint density at radius 2 is 1.90 bits per heavy atom. The number of nitrogens with zero attached hydrogens (tertiary/aromatic N) is 1. The number of halogens is 1. The quantitative estimate of drug-likeness (QED) is 0.653. The summed E-state index contributed by atoms with van der Waals surface area (Å²) in [6, 6.07) is 14.6. The topological polar surface area (TPSA) is 69.6 Å². The number of rotatable bonds is 4. The van der Waals surface area contributed by atoms with E-state index in [4.69, 9.17) is 11.6 Å². The summed E-state index contributed by atoms with van der Waals surface area (Å²) in [5, 5.41) is 13.4. The van der Waals surface area contributed by atoms with Gasteiger partial charge in [-0.05, 0) is 35.8 Å². The first-order chi connectivity index (χ1) is 14.0. The van der Waals surface area contributed by atoms with Gasteiger partial charge in [0.25, 0.3) is 5.91 Å². The summed E-state index contributed by atoms with van der Waals surface area (Å²) < 4.78 is 0.942. The maximum absolute atomic E-state index is 12.5. The van der Waals surface area contributed by atoms with E-state index in [1.54, 1.807) is 17.0 Å². The van der Waals surface area contributed by atoms with Crippen LogP contribution in [0, 0.1) is 0 Å². The van der Waals surface area contributed by atoms with E-state index in [0.717, 1.165) is 27.6 Å². The summed E-state index contributed by atoms with van der Waals surface area (Å²) in [5.41, 5.74) is 2.19. The Balaban J connectivity index is 1.35. The number of phenolic OH excluding ortho intramolecular Hbond substituents is 1. The second kappa shape index (κ2) is 8.27. The van der Waals surface area contributed by atoms with Crippen molar-refractivity contribution < 1.29 is 14.7 Å². The third kappa shape index (κ3) is 4.13. The van der Waals surface area contributed by atoms with Crippen LogP contribution in [0.15, 0.2) is 54.6 Å².